The number of benzene rings is 1. The number of carbonyl (C=O) groups is 1. The van der Waals surface area contributed by atoms with Crippen molar-refractivity contribution in [3.8, 4) is 0 Å². The molecule has 6 heteroatoms. The molecule has 23 heavy (non-hydrogen) atoms. The van der Waals surface area contributed by atoms with Gasteiger partial charge in [0.1, 0.15) is 0 Å². The third-order valence-electron chi connectivity index (χ3n) is 3.51. The minimum absolute atomic E-state index is 0.347. The molecule has 0 bridgehead atoms. The van der Waals surface area contributed by atoms with E-state index >= 15 is 0 Å². The third kappa shape index (κ3) is 7.04. The summed E-state index contributed by atoms with van der Waals surface area (Å²) < 4.78 is 4.56. The molecule has 0 aliphatic rings. The van der Waals surface area contributed by atoms with Crippen LogP contribution in [0.3, 0.4) is 0 Å². The first-order valence-electron chi connectivity index (χ1n) is 7.95. The second-order valence-corrected chi connectivity index (χ2v) is 5.69. The maximum Gasteiger partial charge on any atom is 0.411 e. The van der Waals surface area contributed by atoms with Crippen molar-refractivity contribution in [1.29, 1.82) is 0 Å². The van der Waals surface area contributed by atoms with E-state index in [1.165, 1.54) is 7.11 Å². The van der Waals surface area contributed by atoms with Gasteiger partial charge >= 0.3 is 6.09 Å². The number of ether oxygens (including phenoxy) is 1. The first-order valence-corrected chi connectivity index (χ1v) is 7.95. The minimum Gasteiger partial charge on any atom is -0.453 e. The number of methoxy groups -OCH3 is 1. The Morgan fingerprint density at radius 1 is 1.22 bits per heavy atom. The fraction of sp³-hybridized carbons (Fsp3) is 0.529. The Kier molecular flexibility index (Phi) is 7.94. The minimum atomic E-state index is -0.475. The van der Waals surface area contributed by atoms with Crippen LogP contribution in [0.25, 0.3) is 0 Å². The number of carbonyl (C=O) groups excluding carboxylic acids is 1. The van der Waals surface area contributed by atoms with Gasteiger partial charge in [-0.15, -0.1) is 0 Å². The SMILES string of the molecule is CCNC(=NCc1ccc(NC(=O)OC)cc1)NC(C)C(C)C. The first kappa shape index (κ1) is 18.8. The molecule has 0 radical (unpaired) electrons. The van der Waals surface area contributed by atoms with Gasteiger partial charge in [0, 0.05) is 18.3 Å². The van der Waals surface area contributed by atoms with Crippen molar-refractivity contribution in [1.82, 2.24) is 10.6 Å². The first-order chi connectivity index (χ1) is 11.0. The molecule has 1 amide bonds. The standard InChI is InChI=1S/C17H28N4O2/c1-6-18-16(20-13(4)12(2)3)19-11-14-7-9-15(10-8-14)21-17(22)23-5/h7-10,12-13H,6,11H2,1-5H3,(H,21,22)(H2,18,19,20). The normalized spacial score (nSPS) is 12.7. The van der Waals surface area contributed by atoms with Gasteiger partial charge in [0.25, 0.3) is 0 Å². The summed E-state index contributed by atoms with van der Waals surface area (Å²) in [6.07, 6.45) is -0.475. The predicted octanol–water partition coefficient (Wildman–Crippen LogP) is 2.96. The molecule has 128 valence electrons. The van der Waals surface area contributed by atoms with E-state index in [0.29, 0.717) is 24.2 Å². The number of aliphatic imine (C=N–C) groups is 1. The lowest BCUT2D eigenvalue weighted by Crippen LogP contribution is -2.44. The summed E-state index contributed by atoms with van der Waals surface area (Å²) in [7, 11) is 1.34. The highest BCUT2D eigenvalue weighted by Gasteiger charge is 2.08. The molecule has 0 aliphatic carbocycles. The van der Waals surface area contributed by atoms with Crippen molar-refractivity contribution in [2.45, 2.75) is 40.3 Å². The molecule has 0 aromatic heterocycles. The largest absolute Gasteiger partial charge is 0.453 e. The lowest BCUT2D eigenvalue weighted by molar-refractivity contribution is 0.187. The molecule has 1 aromatic rings. The molecule has 1 atom stereocenters. The van der Waals surface area contributed by atoms with Gasteiger partial charge in [-0.1, -0.05) is 26.0 Å². The summed E-state index contributed by atoms with van der Waals surface area (Å²) >= 11 is 0. The average Bonchev–Trinajstić information content (AvgIpc) is 2.53. The maximum absolute atomic E-state index is 11.1. The van der Waals surface area contributed by atoms with Crippen LogP contribution in [0.1, 0.15) is 33.3 Å². The van der Waals surface area contributed by atoms with Crippen LogP contribution in [0.2, 0.25) is 0 Å². The Labute approximate surface area is 138 Å². The van der Waals surface area contributed by atoms with E-state index in [0.717, 1.165) is 18.1 Å². The number of rotatable bonds is 6. The van der Waals surface area contributed by atoms with E-state index in [9.17, 15) is 4.79 Å². The zero-order valence-corrected chi connectivity index (χ0v) is 14.6. The van der Waals surface area contributed by atoms with Crippen molar-refractivity contribution in [2.24, 2.45) is 10.9 Å². The zero-order chi connectivity index (χ0) is 17.2. The quantitative estimate of drug-likeness (QED) is 0.556. The van der Waals surface area contributed by atoms with E-state index in [-0.39, 0.29) is 0 Å². The van der Waals surface area contributed by atoms with Crippen LogP contribution in [0, 0.1) is 5.92 Å². The molecule has 6 nitrogen and oxygen atoms in total. The fourth-order valence-corrected chi connectivity index (χ4v) is 1.74. The summed E-state index contributed by atoms with van der Waals surface area (Å²) in [5, 5.41) is 9.27. The third-order valence-corrected chi connectivity index (χ3v) is 3.51. The Hall–Kier alpha value is -2.24. The Morgan fingerprint density at radius 2 is 1.87 bits per heavy atom. The van der Waals surface area contributed by atoms with Crippen LogP contribution in [0.5, 0.6) is 0 Å². The summed E-state index contributed by atoms with van der Waals surface area (Å²) in [5.41, 5.74) is 1.76. The van der Waals surface area contributed by atoms with Crippen LogP contribution in [0.15, 0.2) is 29.3 Å². The molecular weight excluding hydrogens is 292 g/mol. The second-order valence-electron chi connectivity index (χ2n) is 5.69. The molecule has 0 saturated heterocycles. The van der Waals surface area contributed by atoms with Gasteiger partial charge in [-0.25, -0.2) is 9.79 Å². The van der Waals surface area contributed by atoms with E-state index < -0.39 is 6.09 Å². The lowest BCUT2D eigenvalue weighted by Gasteiger charge is -2.20. The van der Waals surface area contributed by atoms with Gasteiger partial charge in [0.15, 0.2) is 5.96 Å². The maximum atomic E-state index is 11.1. The number of amides is 1. The number of anilines is 1. The molecule has 0 heterocycles. The molecular formula is C17H28N4O2. The Bertz CT molecular complexity index is 512. The van der Waals surface area contributed by atoms with E-state index in [4.69, 9.17) is 0 Å². The molecule has 1 unspecified atom stereocenters. The van der Waals surface area contributed by atoms with E-state index in [2.05, 4.69) is 46.5 Å². The van der Waals surface area contributed by atoms with Crippen molar-refractivity contribution >= 4 is 17.7 Å². The van der Waals surface area contributed by atoms with Crippen LogP contribution in [0.4, 0.5) is 10.5 Å². The number of guanidine groups is 1. The highest BCUT2D eigenvalue weighted by molar-refractivity contribution is 5.84. The monoisotopic (exact) mass is 320 g/mol. The summed E-state index contributed by atoms with van der Waals surface area (Å²) in [4.78, 5) is 15.7. The van der Waals surface area contributed by atoms with Crippen LogP contribution in [-0.2, 0) is 11.3 Å². The highest BCUT2D eigenvalue weighted by atomic mass is 16.5. The number of nitrogens with one attached hydrogen (secondary N) is 3. The van der Waals surface area contributed by atoms with Gasteiger partial charge < -0.3 is 15.4 Å². The molecule has 3 N–H and O–H groups in total. The smallest absolute Gasteiger partial charge is 0.411 e. The molecule has 1 rings (SSSR count). The van der Waals surface area contributed by atoms with Gasteiger partial charge in [0.05, 0.1) is 13.7 Å². The van der Waals surface area contributed by atoms with Crippen molar-refractivity contribution in [3.05, 3.63) is 29.8 Å². The summed E-state index contributed by atoms with van der Waals surface area (Å²) in [5.74, 6) is 1.34. The highest BCUT2D eigenvalue weighted by Crippen LogP contribution is 2.10. The number of hydrogen-bond acceptors (Lipinski definition) is 3. The predicted molar refractivity (Wildman–Crippen MR) is 94.7 cm³/mol. The number of nitrogens with zero attached hydrogens (tertiary/aromatic N) is 1. The zero-order valence-electron chi connectivity index (χ0n) is 14.6. The fourth-order valence-electron chi connectivity index (χ4n) is 1.74. The second kappa shape index (κ2) is 9.71. The summed E-state index contributed by atoms with van der Waals surface area (Å²) in [6, 6.07) is 7.88. The van der Waals surface area contributed by atoms with Crippen LogP contribution >= 0.6 is 0 Å². The van der Waals surface area contributed by atoms with Gasteiger partial charge in [-0.2, -0.15) is 0 Å². The van der Waals surface area contributed by atoms with Crippen molar-refractivity contribution < 1.29 is 9.53 Å². The average molecular weight is 320 g/mol. The molecule has 0 fully saturated rings. The molecule has 1 aromatic carbocycles. The van der Waals surface area contributed by atoms with Gasteiger partial charge in [-0.3, -0.25) is 5.32 Å². The Morgan fingerprint density at radius 3 is 2.39 bits per heavy atom. The summed E-state index contributed by atoms with van der Waals surface area (Å²) in [6.45, 7) is 9.93. The molecule has 0 spiro atoms. The Balaban J connectivity index is 2.66. The van der Waals surface area contributed by atoms with Crippen LogP contribution < -0.4 is 16.0 Å². The van der Waals surface area contributed by atoms with Crippen molar-refractivity contribution in [3.63, 3.8) is 0 Å². The molecule has 0 saturated carbocycles. The van der Waals surface area contributed by atoms with E-state index in [1.54, 1.807) is 0 Å². The van der Waals surface area contributed by atoms with Gasteiger partial charge in [0.2, 0.25) is 0 Å². The van der Waals surface area contributed by atoms with Gasteiger partial charge in [-0.05, 0) is 37.5 Å². The topological polar surface area (TPSA) is 74.8 Å². The number of hydrogen-bond donors (Lipinski definition) is 3. The van der Waals surface area contributed by atoms with E-state index in [1.807, 2.05) is 31.2 Å². The van der Waals surface area contributed by atoms with Crippen molar-refractivity contribution in [2.75, 3.05) is 19.0 Å². The lowest BCUT2D eigenvalue weighted by atomic mass is 10.1. The molecule has 0 aliphatic heterocycles. The van der Waals surface area contributed by atoms with Crippen LogP contribution in [-0.4, -0.2) is 31.7 Å².